The van der Waals surface area contributed by atoms with Crippen molar-refractivity contribution in [3.8, 4) is 22.8 Å². The van der Waals surface area contributed by atoms with Crippen molar-refractivity contribution >= 4 is 5.91 Å². The molecule has 1 aromatic carbocycles. The van der Waals surface area contributed by atoms with Crippen molar-refractivity contribution in [2.24, 2.45) is 13.0 Å². The van der Waals surface area contributed by atoms with Gasteiger partial charge in [0.2, 0.25) is 0 Å². The number of hydrogen-bond donors (Lipinski definition) is 1. The minimum atomic E-state index is -0.0271. The second kappa shape index (κ2) is 9.38. The van der Waals surface area contributed by atoms with Crippen LogP contribution in [0.2, 0.25) is 0 Å². The molecule has 0 aliphatic heterocycles. The van der Waals surface area contributed by atoms with Crippen molar-refractivity contribution in [1.29, 1.82) is 0 Å². The van der Waals surface area contributed by atoms with E-state index in [9.17, 15) is 4.79 Å². The Labute approximate surface area is 184 Å². The second-order valence-corrected chi connectivity index (χ2v) is 8.63. The first kappa shape index (κ1) is 21.2. The molecule has 1 amide bonds. The van der Waals surface area contributed by atoms with Gasteiger partial charge in [0.25, 0.3) is 5.91 Å². The Morgan fingerprint density at radius 1 is 1.19 bits per heavy atom. The zero-order valence-electron chi connectivity index (χ0n) is 18.6. The predicted octanol–water partition coefficient (Wildman–Crippen LogP) is 5.89. The smallest absolute Gasteiger partial charge is 0.251 e. The lowest BCUT2D eigenvalue weighted by molar-refractivity contribution is 0.0918. The van der Waals surface area contributed by atoms with E-state index in [1.807, 2.05) is 67.3 Å². The lowest BCUT2D eigenvalue weighted by atomic mass is 9.84. The summed E-state index contributed by atoms with van der Waals surface area (Å²) < 4.78 is 8.15. The van der Waals surface area contributed by atoms with E-state index >= 15 is 0 Å². The lowest BCUT2D eigenvalue weighted by Crippen LogP contribution is -2.39. The highest BCUT2D eigenvalue weighted by Crippen LogP contribution is 2.30. The highest BCUT2D eigenvalue weighted by Gasteiger charge is 2.23. The molecule has 5 nitrogen and oxygen atoms in total. The van der Waals surface area contributed by atoms with Gasteiger partial charge in [-0.25, -0.2) is 0 Å². The number of pyridine rings is 1. The minimum Gasteiger partial charge on any atom is -0.457 e. The van der Waals surface area contributed by atoms with Crippen LogP contribution >= 0.6 is 0 Å². The van der Waals surface area contributed by atoms with Crippen LogP contribution in [-0.2, 0) is 7.05 Å². The maximum absolute atomic E-state index is 13.0. The van der Waals surface area contributed by atoms with Gasteiger partial charge in [-0.2, -0.15) is 0 Å². The fourth-order valence-corrected chi connectivity index (χ4v) is 4.42. The molecule has 5 heteroatoms. The Balaban J connectivity index is 1.49. The first-order chi connectivity index (χ1) is 15.0. The Kier molecular flexibility index (Phi) is 6.40. The Bertz CT molecular complexity index is 1050. The van der Waals surface area contributed by atoms with Crippen molar-refractivity contribution in [1.82, 2.24) is 14.9 Å². The summed E-state index contributed by atoms with van der Waals surface area (Å²) in [7, 11) is 1.99. The van der Waals surface area contributed by atoms with Gasteiger partial charge in [-0.15, -0.1) is 0 Å². The van der Waals surface area contributed by atoms with Crippen LogP contribution in [0.3, 0.4) is 0 Å². The molecule has 0 bridgehead atoms. The van der Waals surface area contributed by atoms with Crippen molar-refractivity contribution in [3.63, 3.8) is 0 Å². The number of nitrogens with zero attached hydrogens (tertiary/aromatic N) is 2. The number of aromatic nitrogens is 2. The van der Waals surface area contributed by atoms with E-state index in [4.69, 9.17) is 4.74 Å². The first-order valence-electron chi connectivity index (χ1n) is 11.2. The first-order valence-corrected chi connectivity index (χ1v) is 11.2. The van der Waals surface area contributed by atoms with Crippen LogP contribution < -0.4 is 10.1 Å². The summed E-state index contributed by atoms with van der Waals surface area (Å²) in [4.78, 5) is 17.4. The van der Waals surface area contributed by atoms with E-state index in [1.54, 1.807) is 6.20 Å². The van der Waals surface area contributed by atoms with E-state index in [-0.39, 0.29) is 11.9 Å². The predicted molar refractivity (Wildman–Crippen MR) is 123 cm³/mol. The van der Waals surface area contributed by atoms with Gasteiger partial charge in [0.1, 0.15) is 11.5 Å². The Hall–Kier alpha value is -3.08. The van der Waals surface area contributed by atoms with Gasteiger partial charge >= 0.3 is 0 Å². The average Bonchev–Trinajstić information content (AvgIpc) is 3.22. The molecular formula is C26H31N3O2. The van der Waals surface area contributed by atoms with Crippen LogP contribution in [0.15, 0.2) is 55.0 Å². The summed E-state index contributed by atoms with van der Waals surface area (Å²) in [6.45, 7) is 4.07. The molecule has 4 rings (SSSR count). The van der Waals surface area contributed by atoms with Crippen molar-refractivity contribution in [3.05, 3.63) is 66.1 Å². The monoisotopic (exact) mass is 417 g/mol. The SMILES string of the molecule is Cc1c(Oc2ccnc(-c3ccn(C)c3)c2)cccc1C(=O)N[C@@H](C)C1CCCCC1. The van der Waals surface area contributed by atoms with Crippen molar-refractivity contribution < 1.29 is 9.53 Å². The molecule has 162 valence electrons. The number of ether oxygens (including phenoxy) is 1. The van der Waals surface area contributed by atoms with E-state index in [2.05, 4.69) is 17.2 Å². The summed E-state index contributed by atoms with van der Waals surface area (Å²) in [5.74, 6) is 1.93. The Morgan fingerprint density at radius 3 is 2.74 bits per heavy atom. The molecule has 0 saturated heterocycles. The zero-order chi connectivity index (χ0) is 21.8. The van der Waals surface area contributed by atoms with Gasteiger partial charge in [0.15, 0.2) is 0 Å². The fourth-order valence-electron chi connectivity index (χ4n) is 4.42. The van der Waals surface area contributed by atoms with Gasteiger partial charge < -0.3 is 14.6 Å². The number of benzene rings is 1. The van der Waals surface area contributed by atoms with Crippen molar-refractivity contribution in [2.75, 3.05) is 0 Å². The van der Waals surface area contributed by atoms with Gasteiger partial charge in [-0.1, -0.05) is 25.3 Å². The Morgan fingerprint density at radius 2 is 2.00 bits per heavy atom. The molecule has 1 atom stereocenters. The van der Waals surface area contributed by atoms with E-state index in [0.717, 1.165) is 16.8 Å². The number of carbonyl (C=O) groups is 1. The summed E-state index contributed by atoms with van der Waals surface area (Å²) in [6.07, 6.45) is 12.0. The average molecular weight is 418 g/mol. The highest BCUT2D eigenvalue weighted by atomic mass is 16.5. The molecule has 1 saturated carbocycles. The van der Waals surface area contributed by atoms with Gasteiger partial charge in [-0.3, -0.25) is 9.78 Å². The van der Waals surface area contributed by atoms with Gasteiger partial charge in [0, 0.05) is 54.4 Å². The number of amides is 1. The van der Waals surface area contributed by atoms with Crippen LogP contribution in [0.5, 0.6) is 11.5 Å². The van der Waals surface area contributed by atoms with Gasteiger partial charge in [-0.05, 0) is 56.9 Å². The van der Waals surface area contributed by atoms with Crippen LogP contribution in [0.25, 0.3) is 11.3 Å². The summed E-state index contributed by atoms with van der Waals surface area (Å²) in [5, 5.41) is 3.22. The van der Waals surface area contributed by atoms with E-state index < -0.39 is 0 Å². The summed E-state index contributed by atoms with van der Waals surface area (Å²) in [5.41, 5.74) is 3.40. The molecule has 31 heavy (non-hydrogen) atoms. The molecule has 0 radical (unpaired) electrons. The van der Waals surface area contributed by atoms with Gasteiger partial charge in [0.05, 0.1) is 5.69 Å². The summed E-state index contributed by atoms with van der Waals surface area (Å²) >= 11 is 0. The number of hydrogen-bond acceptors (Lipinski definition) is 3. The second-order valence-electron chi connectivity index (χ2n) is 8.63. The molecular weight excluding hydrogens is 386 g/mol. The molecule has 1 fully saturated rings. The highest BCUT2D eigenvalue weighted by molar-refractivity contribution is 5.96. The van der Waals surface area contributed by atoms with Crippen LogP contribution in [0.1, 0.15) is 54.9 Å². The largest absolute Gasteiger partial charge is 0.457 e. The number of nitrogens with one attached hydrogen (secondary N) is 1. The van der Waals surface area contributed by atoms with Crippen LogP contribution in [0.4, 0.5) is 0 Å². The van der Waals surface area contributed by atoms with Crippen LogP contribution in [0, 0.1) is 12.8 Å². The van der Waals surface area contributed by atoms with Crippen molar-refractivity contribution in [2.45, 2.75) is 52.0 Å². The third-order valence-electron chi connectivity index (χ3n) is 6.33. The molecule has 2 aromatic heterocycles. The topological polar surface area (TPSA) is 56.2 Å². The van der Waals surface area contributed by atoms with E-state index in [1.165, 1.54) is 32.1 Å². The molecule has 2 heterocycles. The zero-order valence-corrected chi connectivity index (χ0v) is 18.6. The molecule has 0 spiro atoms. The molecule has 3 aromatic rings. The molecule has 1 aliphatic carbocycles. The molecule has 1 N–H and O–H groups in total. The van der Waals surface area contributed by atoms with E-state index in [0.29, 0.717) is 23.0 Å². The molecule has 1 aliphatic rings. The lowest BCUT2D eigenvalue weighted by Gasteiger charge is -2.28. The normalized spacial score (nSPS) is 15.5. The number of carbonyl (C=O) groups excluding carboxylic acids is 1. The third kappa shape index (κ3) is 4.98. The third-order valence-corrected chi connectivity index (χ3v) is 6.33. The number of aryl methyl sites for hydroxylation is 1. The molecule has 0 unspecified atom stereocenters. The fraction of sp³-hybridized carbons (Fsp3) is 0.385. The maximum Gasteiger partial charge on any atom is 0.251 e. The quantitative estimate of drug-likeness (QED) is 0.544. The minimum absolute atomic E-state index is 0.0271. The standard InChI is InChI=1S/C26H31N3O2/c1-18-23(26(30)28-19(2)20-8-5-4-6-9-20)10-7-11-25(18)31-22-12-14-27-24(16-22)21-13-15-29(3)17-21/h7,10-17,19-20H,4-6,8-9H2,1-3H3,(H,28,30)/t19-/m0/s1. The number of rotatable bonds is 6. The maximum atomic E-state index is 13.0. The summed E-state index contributed by atoms with van der Waals surface area (Å²) in [6, 6.07) is 11.6. The van der Waals surface area contributed by atoms with Crippen LogP contribution in [-0.4, -0.2) is 21.5 Å².